The number of nitrogens with one attached hydrogen (secondary N) is 1. The predicted octanol–water partition coefficient (Wildman–Crippen LogP) is 1.73. The van der Waals surface area contributed by atoms with Gasteiger partial charge in [-0.3, -0.25) is 14.3 Å². The number of aromatic nitrogens is 2. The van der Waals surface area contributed by atoms with Crippen LogP contribution in [0.3, 0.4) is 0 Å². The number of halogens is 1. The number of aliphatic hydroxyl groups is 1. The summed E-state index contributed by atoms with van der Waals surface area (Å²) >= 11 is 4.70. The SMILES string of the molecule is Cc1c(Sc2cccc(Br)c2)n(COCCO)c(=O)[nH]c1=O. The highest BCUT2D eigenvalue weighted by Gasteiger charge is 2.13. The second-order valence-electron chi connectivity index (χ2n) is 4.44. The molecule has 0 amide bonds. The zero-order valence-electron chi connectivity index (χ0n) is 11.8. The highest BCUT2D eigenvalue weighted by molar-refractivity contribution is 9.10. The van der Waals surface area contributed by atoms with Crippen molar-refractivity contribution < 1.29 is 9.84 Å². The molecule has 0 unspecified atom stereocenters. The number of aromatic amines is 1. The fourth-order valence-electron chi connectivity index (χ4n) is 1.76. The third kappa shape index (κ3) is 4.10. The van der Waals surface area contributed by atoms with Crippen molar-refractivity contribution in [2.45, 2.75) is 23.6 Å². The lowest BCUT2D eigenvalue weighted by molar-refractivity contribution is 0.0411. The number of hydrogen-bond donors (Lipinski definition) is 2. The molecule has 0 radical (unpaired) electrons. The smallest absolute Gasteiger partial charge is 0.331 e. The van der Waals surface area contributed by atoms with E-state index in [4.69, 9.17) is 9.84 Å². The van der Waals surface area contributed by atoms with Crippen LogP contribution < -0.4 is 11.2 Å². The van der Waals surface area contributed by atoms with Gasteiger partial charge in [-0.05, 0) is 25.1 Å². The molecule has 1 aromatic heterocycles. The summed E-state index contributed by atoms with van der Waals surface area (Å²) in [5, 5.41) is 9.29. The van der Waals surface area contributed by atoms with E-state index in [1.807, 2.05) is 24.3 Å². The number of nitrogens with zero attached hydrogens (tertiary/aromatic N) is 1. The highest BCUT2D eigenvalue weighted by atomic mass is 79.9. The van der Waals surface area contributed by atoms with Crippen LogP contribution in [0.4, 0.5) is 0 Å². The molecule has 1 heterocycles. The Bertz CT molecular complexity index is 772. The minimum absolute atomic E-state index is 0.0344. The molecule has 0 bridgehead atoms. The monoisotopic (exact) mass is 386 g/mol. The van der Waals surface area contributed by atoms with Crippen LogP contribution in [-0.4, -0.2) is 27.9 Å². The Kier molecular flexibility index (Phi) is 6.01. The highest BCUT2D eigenvalue weighted by Crippen LogP contribution is 2.29. The molecule has 118 valence electrons. The Morgan fingerprint density at radius 3 is 2.86 bits per heavy atom. The summed E-state index contributed by atoms with van der Waals surface area (Å²) in [6, 6.07) is 7.56. The molecular weight excluding hydrogens is 372 g/mol. The van der Waals surface area contributed by atoms with Gasteiger partial charge in [0.05, 0.1) is 18.2 Å². The fraction of sp³-hybridized carbons (Fsp3) is 0.286. The lowest BCUT2D eigenvalue weighted by atomic mass is 10.4. The van der Waals surface area contributed by atoms with Crippen molar-refractivity contribution in [2.24, 2.45) is 0 Å². The fourth-order valence-corrected chi connectivity index (χ4v) is 3.36. The van der Waals surface area contributed by atoms with E-state index in [2.05, 4.69) is 20.9 Å². The van der Waals surface area contributed by atoms with Gasteiger partial charge in [0.15, 0.2) is 0 Å². The average Bonchev–Trinajstić information content (AvgIpc) is 2.48. The topological polar surface area (TPSA) is 84.3 Å². The molecule has 6 nitrogen and oxygen atoms in total. The number of H-pyrrole nitrogens is 1. The molecule has 0 aliphatic heterocycles. The maximum Gasteiger partial charge on any atom is 0.331 e. The molecule has 8 heteroatoms. The van der Waals surface area contributed by atoms with E-state index in [-0.39, 0.29) is 19.9 Å². The molecule has 0 aliphatic rings. The lowest BCUT2D eigenvalue weighted by Crippen LogP contribution is -2.33. The molecule has 0 aliphatic carbocycles. The second kappa shape index (κ2) is 7.77. The van der Waals surface area contributed by atoms with E-state index in [0.29, 0.717) is 10.6 Å². The van der Waals surface area contributed by atoms with E-state index < -0.39 is 11.2 Å². The summed E-state index contributed by atoms with van der Waals surface area (Å²) in [5.41, 5.74) is -0.510. The summed E-state index contributed by atoms with van der Waals surface area (Å²) in [6.45, 7) is 1.60. The van der Waals surface area contributed by atoms with E-state index >= 15 is 0 Å². The molecular formula is C14H15BrN2O4S. The molecule has 0 fully saturated rings. The second-order valence-corrected chi connectivity index (χ2v) is 6.42. The van der Waals surface area contributed by atoms with Crippen LogP contribution in [0.5, 0.6) is 0 Å². The number of hydrogen-bond acceptors (Lipinski definition) is 5. The minimum atomic E-state index is -0.536. The van der Waals surface area contributed by atoms with E-state index in [1.165, 1.54) is 16.3 Å². The molecule has 2 aromatic rings. The summed E-state index contributed by atoms with van der Waals surface area (Å²) in [5.74, 6) is 0. The van der Waals surface area contributed by atoms with E-state index in [9.17, 15) is 9.59 Å². The van der Waals surface area contributed by atoms with Gasteiger partial charge in [0.2, 0.25) is 0 Å². The Morgan fingerprint density at radius 1 is 1.41 bits per heavy atom. The van der Waals surface area contributed by atoms with Crippen LogP contribution in [0.25, 0.3) is 0 Å². The van der Waals surface area contributed by atoms with Crippen molar-refractivity contribution in [3.63, 3.8) is 0 Å². The van der Waals surface area contributed by atoms with E-state index in [0.717, 1.165) is 9.37 Å². The van der Waals surface area contributed by atoms with Crippen LogP contribution in [0, 0.1) is 6.92 Å². The van der Waals surface area contributed by atoms with Crippen LogP contribution in [0.15, 0.2) is 48.2 Å². The zero-order chi connectivity index (χ0) is 16.1. The number of aliphatic hydroxyl groups excluding tert-OH is 1. The summed E-state index contributed by atoms with van der Waals surface area (Å²) in [4.78, 5) is 27.0. The third-order valence-electron chi connectivity index (χ3n) is 2.84. The van der Waals surface area contributed by atoms with Crippen molar-refractivity contribution in [3.05, 3.63) is 55.1 Å². The Balaban J connectivity index is 2.43. The Hall–Kier alpha value is -1.35. The van der Waals surface area contributed by atoms with Crippen LogP contribution in [0.1, 0.15) is 5.56 Å². The molecule has 0 atom stereocenters. The quantitative estimate of drug-likeness (QED) is 0.583. The van der Waals surface area contributed by atoms with Gasteiger partial charge < -0.3 is 9.84 Å². The largest absolute Gasteiger partial charge is 0.394 e. The van der Waals surface area contributed by atoms with Crippen molar-refractivity contribution in [1.29, 1.82) is 0 Å². The van der Waals surface area contributed by atoms with Crippen LogP contribution in [0.2, 0.25) is 0 Å². The minimum Gasteiger partial charge on any atom is -0.394 e. The van der Waals surface area contributed by atoms with Gasteiger partial charge in [0.25, 0.3) is 5.56 Å². The van der Waals surface area contributed by atoms with Crippen molar-refractivity contribution in [3.8, 4) is 0 Å². The van der Waals surface area contributed by atoms with Crippen molar-refractivity contribution in [2.75, 3.05) is 13.2 Å². The van der Waals surface area contributed by atoms with Gasteiger partial charge in [-0.15, -0.1) is 0 Å². The zero-order valence-corrected chi connectivity index (χ0v) is 14.2. The molecule has 0 spiro atoms. The van der Waals surface area contributed by atoms with Gasteiger partial charge >= 0.3 is 5.69 Å². The maximum absolute atomic E-state index is 12.0. The van der Waals surface area contributed by atoms with Gasteiger partial charge in [-0.2, -0.15) is 0 Å². The molecule has 1 aromatic carbocycles. The van der Waals surface area contributed by atoms with Crippen molar-refractivity contribution >= 4 is 27.7 Å². The van der Waals surface area contributed by atoms with Crippen LogP contribution in [-0.2, 0) is 11.5 Å². The maximum atomic E-state index is 12.0. The van der Waals surface area contributed by atoms with Gasteiger partial charge in [0.1, 0.15) is 6.73 Å². The summed E-state index contributed by atoms with van der Waals surface area (Å²) in [7, 11) is 0. The first kappa shape index (κ1) is 17.0. The number of rotatable bonds is 6. The first-order chi connectivity index (χ1) is 10.5. The van der Waals surface area contributed by atoms with Gasteiger partial charge in [-0.25, -0.2) is 4.79 Å². The molecule has 0 saturated carbocycles. The molecule has 22 heavy (non-hydrogen) atoms. The summed E-state index contributed by atoms with van der Waals surface area (Å²) < 4.78 is 7.47. The molecule has 2 rings (SSSR count). The Labute approximate surface area is 139 Å². The number of ether oxygens (including phenoxy) is 1. The normalized spacial score (nSPS) is 10.9. The Morgan fingerprint density at radius 2 is 2.18 bits per heavy atom. The number of benzene rings is 1. The first-order valence-corrected chi connectivity index (χ1v) is 8.09. The third-order valence-corrected chi connectivity index (χ3v) is 4.54. The van der Waals surface area contributed by atoms with Gasteiger partial charge in [0, 0.05) is 14.9 Å². The molecule has 2 N–H and O–H groups in total. The predicted molar refractivity (Wildman–Crippen MR) is 87.4 cm³/mol. The van der Waals surface area contributed by atoms with Gasteiger partial charge in [-0.1, -0.05) is 33.8 Å². The average molecular weight is 387 g/mol. The van der Waals surface area contributed by atoms with Crippen molar-refractivity contribution in [1.82, 2.24) is 9.55 Å². The standard InChI is InChI=1S/C14H15BrN2O4S/c1-9-12(19)16-14(20)17(8-21-6-5-18)13(9)22-11-4-2-3-10(15)7-11/h2-4,7,18H,5-6,8H2,1H3,(H,16,19,20). The first-order valence-electron chi connectivity index (χ1n) is 6.48. The molecule has 0 saturated heterocycles. The lowest BCUT2D eigenvalue weighted by Gasteiger charge is -2.14. The van der Waals surface area contributed by atoms with Crippen LogP contribution >= 0.6 is 27.7 Å². The summed E-state index contributed by atoms with van der Waals surface area (Å²) in [6.07, 6.45) is 0. The van der Waals surface area contributed by atoms with E-state index in [1.54, 1.807) is 6.92 Å².